The Morgan fingerprint density at radius 2 is 1.94 bits per heavy atom. The summed E-state index contributed by atoms with van der Waals surface area (Å²) in [5.74, 6) is 0.196. The van der Waals surface area contributed by atoms with Gasteiger partial charge in [-0.25, -0.2) is 0 Å². The van der Waals surface area contributed by atoms with Crippen LogP contribution in [0.2, 0.25) is 0 Å². The highest BCUT2D eigenvalue weighted by molar-refractivity contribution is 9.09. The Bertz CT molecular complexity index is 187. The smallest absolute Gasteiger partial charge is 0.220 e. The zero-order chi connectivity index (χ0) is 12.4. The average Bonchev–Trinajstić information content (AvgIpc) is 2.32. The van der Waals surface area contributed by atoms with Gasteiger partial charge in [0, 0.05) is 23.0 Å². The van der Waals surface area contributed by atoms with E-state index in [1.807, 2.05) is 11.8 Å². The predicted molar refractivity (Wildman–Crippen MR) is 77.5 cm³/mol. The molecule has 0 unspecified atom stereocenters. The zero-order valence-electron chi connectivity index (χ0n) is 10.6. The second-order valence-corrected chi connectivity index (χ2v) is 6.08. The van der Waals surface area contributed by atoms with Crippen LogP contribution in [0.3, 0.4) is 0 Å². The monoisotopic (exact) mass is 309 g/mol. The first kappa shape index (κ1) is 16.3. The third-order valence-corrected chi connectivity index (χ3v) is 5.27. The van der Waals surface area contributed by atoms with Crippen LogP contribution in [-0.2, 0) is 4.79 Å². The lowest BCUT2D eigenvalue weighted by Gasteiger charge is -2.29. The van der Waals surface area contributed by atoms with Crippen molar-refractivity contribution in [2.45, 2.75) is 50.7 Å². The predicted octanol–water partition coefficient (Wildman–Crippen LogP) is 3.59. The van der Waals surface area contributed by atoms with Gasteiger partial charge in [-0.3, -0.25) is 4.79 Å². The number of hydrogen-bond donors (Lipinski definition) is 1. The molecule has 0 atom stereocenters. The van der Waals surface area contributed by atoms with Crippen molar-refractivity contribution in [2.24, 2.45) is 0 Å². The van der Waals surface area contributed by atoms with Gasteiger partial charge in [-0.2, -0.15) is 11.8 Å². The summed E-state index contributed by atoms with van der Waals surface area (Å²) in [4.78, 5) is 11.6. The highest BCUT2D eigenvalue weighted by Gasteiger charge is 2.25. The molecule has 0 rings (SSSR count). The fourth-order valence-corrected chi connectivity index (χ4v) is 2.78. The quantitative estimate of drug-likeness (QED) is 0.521. The zero-order valence-corrected chi connectivity index (χ0v) is 13.0. The van der Waals surface area contributed by atoms with E-state index in [-0.39, 0.29) is 10.7 Å². The van der Waals surface area contributed by atoms with Crippen LogP contribution in [0.4, 0.5) is 0 Å². The molecule has 2 nitrogen and oxygen atoms in total. The molecule has 1 amide bonds. The van der Waals surface area contributed by atoms with E-state index in [0.29, 0.717) is 6.42 Å². The molecule has 0 spiro atoms. The number of halogens is 1. The van der Waals surface area contributed by atoms with Crippen LogP contribution in [0.15, 0.2) is 0 Å². The van der Waals surface area contributed by atoms with Gasteiger partial charge in [0.1, 0.15) is 0 Å². The number of unbranched alkanes of at least 4 members (excludes halogenated alkanes) is 1. The van der Waals surface area contributed by atoms with Crippen molar-refractivity contribution in [3.05, 3.63) is 0 Å². The molecule has 96 valence electrons. The maximum absolute atomic E-state index is 11.6. The number of hydrogen-bond acceptors (Lipinski definition) is 2. The van der Waals surface area contributed by atoms with E-state index < -0.39 is 0 Å². The summed E-state index contributed by atoms with van der Waals surface area (Å²) in [7, 11) is 0. The second-order valence-electron chi connectivity index (χ2n) is 4.02. The van der Waals surface area contributed by atoms with Gasteiger partial charge in [0.15, 0.2) is 0 Å². The van der Waals surface area contributed by atoms with E-state index >= 15 is 0 Å². The Kier molecular flexibility index (Phi) is 9.52. The van der Waals surface area contributed by atoms with Crippen LogP contribution in [-0.4, -0.2) is 28.8 Å². The highest BCUT2D eigenvalue weighted by atomic mass is 79.9. The Hall–Kier alpha value is 0.300. The first-order valence-electron chi connectivity index (χ1n) is 6.02. The third-order valence-electron chi connectivity index (χ3n) is 3.12. The molecule has 1 N–H and O–H groups in total. The topological polar surface area (TPSA) is 29.1 Å². The fourth-order valence-electron chi connectivity index (χ4n) is 1.59. The minimum atomic E-state index is 0.196. The van der Waals surface area contributed by atoms with Crippen molar-refractivity contribution in [3.63, 3.8) is 0 Å². The molecule has 0 aliphatic heterocycles. The summed E-state index contributed by atoms with van der Waals surface area (Å²) in [6, 6.07) is 0. The summed E-state index contributed by atoms with van der Waals surface area (Å²) in [6.07, 6.45) is 7.04. The summed E-state index contributed by atoms with van der Waals surface area (Å²) >= 11 is 5.23. The Morgan fingerprint density at radius 3 is 2.38 bits per heavy atom. The molecule has 0 saturated heterocycles. The van der Waals surface area contributed by atoms with Crippen LogP contribution >= 0.6 is 27.7 Å². The van der Waals surface area contributed by atoms with Crippen molar-refractivity contribution < 1.29 is 4.79 Å². The molecular formula is C12H24BrNOS. The molecule has 0 aliphatic rings. The number of carbonyl (C=O) groups is 1. The maximum atomic E-state index is 11.6. The van der Waals surface area contributed by atoms with Crippen LogP contribution in [0, 0.1) is 0 Å². The van der Waals surface area contributed by atoms with E-state index in [4.69, 9.17) is 0 Å². The van der Waals surface area contributed by atoms with E-state index in [1.54, 1.807) is 0 Å². The normalized spacial score (nSPS) is 11.5. The van der Waals surface area contributed by atoms with Gasteiger partial charge in [0.05, 0.1) is 0 Å². The molecule has 16 heavy (non-hydrogen) atoms. The van der Waals surface area contributed by atoms with Gasteiger partial charge in [0.2, 0.25) is 5.91 Å². The number of alkyl halides is 1. The molecule has 0 radical (unpaired) electrons. The van der Waals surface area contributed by atoms with Crippen molar-refractivity contribution in [1.29, 1.82) is 0 Å². The van der Waals surface area contributed by atoms with Crippen molar-refractivity contribution in [2.75, 3.05) is 18.1 Å². The molecule has 0 bridgehead atoms. The standard InChI is InChI=1S/C12H24BrNOS/c1-4-12(5-2,16-3)10-14-11(15)8-6-7-9-13/h4-10H2,1-3H3,(H,14,15). The number of carbonyl (C=O) groups excluding carboxylic acids is 1. The Labute approximate surface area is 112 Å². The van der Waals surface area contributed by atoms with Crippen LogP contribution in [0.5, 0.6) is 0 Å². The van der Waals surface area contributed by atoms with Gasteiger partial charge in [-0.15, -0.1) is 0 Å². The van der Waals surface area contributed by atoms with Crippen molar-refractivity contribution in [1.82, 2.24) is 5.32 Å². The molecular weight excluding hydrogens is 286 g/mol. The maximum Gasteiger partial charge on any atom is 0.220 e. The van der Waals surface area contributed by atoms with Crippen LogP contribution in [0.1, 0.15) is 46.0 Å². The minimum absolute atomic E-state index is 0.196. The molecule has 4 heteroatoms. The Balaban J connectivity index is 3.87. The lowest BCUT2D eigenvalue weighted by atomic mass is 10.0. The fraction of sp³-hybridized carbons (Fsp3) is 0.917. The average molecular weight is 310 g/mol. The van der Waals surface area contributed by atoms with E-state index in [0.717, 1.165) is 37.6 Å². The lowest BCUT2D eigenvalue weighted by molar-refractivity contribution is -0.121. The third kappa shape index (κ3) is 6.14. The molecule has 0 aliphatic carbocycles. The molecule has 0 aromatic heterocycles. The number of nitrogens with one attached hydrogen (secondary N) is 1. The van der Waals surface area contributed by atoms with Gasteiger partial charge in [0.25, 0.3) is 0 Å². The molecule has 0 aromatic carbocycles. The number of amides is 1. The SMILES string of the molecule is CCC(CC)(CNC(=O)CCCCBr)SC. The van der Waals surface area contributed by atoms with Crippen molar-refractivity contribution in [3.8, 4) is 0 Å². The number of rotatable bonds is 9. The summed E-state index contributed by atoms with van der Waals surface area (Å²) in [5, 5.41) is 4.05. The van der Waals surface area contributed by atoms with E-state index in [9.17, 15) is 4.79 Å². The second kappa shape index (κ2) is 9.34. The van der Waals surface area contributed by atoms with Crippen LogP contribution in [0.25, 0.3) is 0 Å². The number of thioether (sulfide) groups is 1. The first-order chi connectivity index (χ1) is 7.64. The van der Waals surface area contributed by atoms with Crippen molar-refractivity contribution >= 4 is 33.6 Å². The first-order valence-corrected chi connectivity index (χ1v) is 8.36. The van der Waals surface area contributed by atoms with Gasteiger partial charge in [-0.05, 0) is 31.9 Å². The summed E-state index contributed by atoms with van der Waals surface area (Å²) in [6.45, 7) is 5.18. The van der Waals surface area contributed by atoms with E-state index in [1.165, 1.54) is 0 Å². The molecule has 0 fully saturated rings. The lowest BCUT2D eigenvalue weighted by Crippen LogP contribution is -2.39. The summed E-state index contributed by atoms with van der Waals surface area (Å²) < 4.78 is 0.227. The highest BCUT2D eigenvalue weighted by Crippen LogP contribution is 2.29. The molecule has 0 heterocycles. The van der Waals surface area contributed by atoms with E-state index in [2.05, 4.69) is 41.3 Å². The van der Waals surface area contributed by atoms with Gasteiger partial charge >= 0.3 is 0 Å². The largest absolute Gasteiger partial charge is 0.355 e. The molecule has 0 aromatic rings. The summed E-state index contributed by atoms with van der Waals surface area (Å²) in [5.41, 5.74) is 0. The van der Waals surface area contributed by atoms with Gasteiger partial charge in [-0.1, -0.05) is 29.8 Å². The van der Waals surface area contributed by atoms with Crippen LogP contribution < -0.4 is 5.32 Å². The van der Waals surface area contributed by atoms with Gasteiger partial charge < -0.3 is 5.32 Å². The minimum Gasteiger partial charge on any atom is -0.355 e. The Morgan fingerprint density at radius 1 is 1.31 bits per heavy atom. The molecule has 0 saturated carbocycles.